The zero-order valence-corrected chi connectivity index (χ0v) is 6.58. The minimum Gasteiger partial charge on any atom is -0.196 e. The highest BCUT2D eigenvalue weighted by molar-refractivity contribution is 6.41. The Morgan fingerprint density at radius 2 is 2.50 bits per heavy atom. The summed E-state index contributed by atoms with van der Waals surface area (Å²) in [5.74, 6) is 0. The Kier molecular flexibility index (Phi) is 2.03. The summed E-state index contributed by atoms with van der Waals surface area (Å²) in [5, 5.41) is 8.93. The molecule has 0 fully saturated rings. The highest BCUT2D eigenvalue weighted by atomic mass is 35.5. The Morgan fingerprint density at radius 3 is 2.90 bits per heavy atom. The topological polar surface area (TPSA) is 23.8 Å². The van der Waals surface area contributed by atoms with Crippen molar-refractivity contribution in [2.45, 2.75) is 11.3 Å². The van der Waals surface area contributed by atoms with Crippen LogP contribution >= 0.6 is 23.2 Å². The van der Waals surface area contributed by atoms with Crippen LogP contribution in [0.3, 0.4) is 0 Å². The van der Waals surface area contributed by atoms with Gasteiger partial charge in [-0.3, -0.25) is 0 Å². The molecule has 1 nitrogen and oxygen atoms in total. The van der Waals surface area contributed by atoms with E-state index in [0.29, 0.717) is 11.5 Å². The van der Waals surface area contributed by atoms with Gasteiger partial charge in [-0.1, -0.05) is 29.3 Å². The van der Waals surface area contributed by atoms with E-state index >= 15 is 0 Å². The number of alkyl halides is 1. The molecule has 1 aliphatic carbocycles. The lowest BCUT2D eigenvalue weighted by atomic mass is 10.0. The van der Waals surface area contributed by atoms with Gasteiger partial charge in [-0.15, -0.1) is 0 Å². The van der Waals surface area contributed by atoms with E-state index in [-0.39, 0.29) is 0 Å². The van der Waals surface area contributed by atoms with E-state index in [0.717, 1.165) is 0 Å². The van der Waals surface area contributed by atoms with Crippen molar-refractivity contribution in [1.82, 2.24) is 0 Å². The molecule has 1 radical (unpaired) electrons. The molecule has 0 heterocycles. The van der Waals surface area contributed by atoms with Crippen LogP contribution in [0.2, 0.25) is 0 Å². The largest absolute Gasteiger partial charge is 0.196 e. The number of hydrogen-bond acceptors (Lipinski definition) is 1. The molecule has 0 bridgehead atoms. The van der Waals surface area contributed by atoms with Crippen molar-refractivity contribution in [3.8, 4) is 6.07 Å². The number of hydrogen-bond donors (Lipinski definition) is 0. The number of halogens is 2. The molecule has 0 saturated heterocycles. The summed E-state index contributed by atoms with van der Waals surface area (Å²) in [6.45, 7) is 0. The van der Waals surface area contributed by atoms with Crippen molar-refractivity contribution >= 4 is 23.2 Å². The third kappa shape index (κ3) is 1.18. The van der Waals surface area contributed by atoms with Crippen LogP contribution in [-0.4, -0.2) is 4.87 Å². The number of nitrogens with zero attached hydrogens (tertiary/aromatic N) is 1. The summed E-state index contributed by atoms with van der Waals surface area (Å²) in [6.07, 6.45) is 6.43. The van der Waals surface area contributed by atoms with Gasteiger partial charge in [0.25, 0.3) is 0 Å². The van der Waals surface area contributed by atoms with Crippen LogP contribution in [0.15, 0.2) is 17.2 Å². The molecule has 1 rings (SSSR count). The minimum atomic E-state index is -1.06. The van der Waals surface area contributed by atoms with Gasteiger partial charge in [0, 0.05) is 6.42 Å². The second-order valence-corrected chi connectivity index (χ2v) is 3.03. The van der Waals surface area contributed by atoms with Crippen molar-refractivity contribution in [3.05, 3.63) is 23.3 Å². The zero-order valence-electron chi connectivity index (χ0n) is 5.06. The van der Waals surface area contributed by atoms with E-state index < -0.39 is 4.87 Å². The van der Waals surface area contributed by atoms with E-state index in [1.54, 1.807) is 12.2 Å². The number of rotatable bonds is 0. The maximum atomic E-state index is 8.56. The average molecular weight is 173 g/mol. The van der Waals surface area contributed by atoms with Crippen LogP contribution in [0.5, 0.6) is 0 Å². The predicted octanol–water partition coefficient (Wildman–Crippen LogP) is 2.37. The normalized spacial score (nSPS) is 31.1. The Bertz CT molecular complexity index is 236. The molecular weight excluding hydrogens is 169 g/mol. The van der Waals surface area contributed by atoms with Crippen LogP contribution in [0.1, 0.15) is 6.42 Å². The lowest BCUT2D eigenvalue weighted by molar-refractivity contribution is 0.848. The van der Waals surface area contributed by atoms with Gasteiger partial charge in [-0.2, -0.15) is 5.26 Å². The molecule has 0 aromatic heterocycles. The molecule has 0 spiro atoms. The van der Waals surface area contributed by atoms with Crippen molar-refractivity contribution in [1.29, 1.82) is 5.26 Å². The third-order valence-corrected chi connectivity index (χ3v) is 2.22. The number of allylic oxidation sites excluding steroid dienone is 4. The van der Waals surface area contributed by atoms with Gasteiger partial charge in [-0.05, 0) is 12.2 Å². The van der Waals surface area contributed by atoms with Crippen molar-refractivity contribution < 1.29 is 0 Å². The van der Waals surface area contributed by atoms with Crippen LogP contribution < -0.4 is 0 Å². The fourth-order valence-corrected chi connectivity index (χ4v) is 0.953. The summed E-state index contributed by atoms with van der Waals surface area (Å²) in [6, 6.07) is 1.91. The molecule has 0 aliphatic heterocycles. The van der Waals surface area contributed by atoms with Crippen LogP contribution in [0, 0.1) is 17.4 Å². The Labute approximate surface area is 69.5 Å². The van der Waals surface area contributed by atoms with Crippen molar-refractivity contribution in [3.63, 3.8) is 0 Å². The summed E-state index contributed by atoms with van der Waals surface area (Å²) in [7, 11) is 0. The fraction of sp³-hybridized carbons (Fsp3) is 0.286. The van der Waals surface area contributed by atoms with Gasteiger partial charge in [0.15, 0.2) is 4.87 Å². The molecule has 0 aromatic carbocycles. The van der Waals surface area contributed by atoms with Gasteiger partial charge in [-0.25, -0.2) is 0 Å². The molecule has 3 heteroatoms. The lowest BCUT2D eigenvalue weighted by Gasteiger charge is -2.17. The summed E-state index contributed by atoms with van der Waals surface area (Å²) >= 11 is 11.4. The summed E-state index contributed by atoms with van der Waals surface area (Å²) in [5.41, 5.74) is 0. The first-order valence-electron chi connectivity index (χ1n) is 2.72. The highest BCUT2D eigenvalue weighted by Crippen LogP contribution is 2.33. The van der Waals surface area contributed by atoms with Gasteiger partial charge in [0.1, 0.15) is 0 Å². The maximum absolute atomic E-state index is 8.56. The molecule has 51 valence electrons. The Morgan fingerprint density at radius 1 is 1.80 bits per heavy atom. The molecule has 0 saturated carbocycles. The van der Waals surface area contributed by atoms with Crippen molar-refractivity contribution in [2.75, 3.05) is 0 Å². The predicted molar refractivity (Wildman–Crippen MR) is 40.6 cm³/mol. The first-order chi connectivity index (χ1) is 4.69. The van der Waals surface area contributed by atoms with Crippen LogP contribution in [0.4, 0.5) is 0 Å². The van der Waals surface area contributed by atoms with Gasteiger partial charge in [0.2, 0.25) is 0 Å². The second kappa shape index (κ2) is 2.65. The Balaban J connectivity index is 2.95. The Hall–Kier alpha value is -0.450. The average Bonchev–Trinajstić information content (AvgIpc) is 1.96. The summed E-state index contributed by atoms with van der Waals surface area (Å²) < 4.78 is 0. The monoisotopic (exact) mass is 172 g/mol. The molecule has 0 aromatic rings. The molecule has 0 amide bonds. The van der Waals surface area contributed by atoms with E-state index in [1.807, 2.05) is 6.07 Å². The third-order valence-electron chi connectivity index (χ3n) is 1.25. The van der Waals surface area contributed by atoms with E-state index in [1.165, 1.54) is 0 Å². The van der Waals surface area contributed by atoms with Crippen molar-refractivity contribution in [2.24, 2.45) is 0 Å². The minimum absolute atomic E-state index is 0.361. The maximum Gasteiger partial charge on any atom is 0.170 e. The SMILES string of the molecule is N#CC1(Cl)C[C]=CC=C1Cl. The zero-order chi connectivity index (χ0) is 7.61. The van der Waals surface area contributed by atoms with Crippen LogP contribution in [0.25, 0.3) is 0 Å². The summed E-state index contributed by atoms with van der Waals surface area (Å²) in [4.78, 5) is -1.06. The molecular formula is C7H4Cl2N. The van der Waals surface area contributed by atoms with Crippen LogP contribution in [-0.2, 0) is 0 Å². The fourth-order valence-electron chi connectivity index (χ4n) is 0.641. The molecule has 1 aliphatic rings. The second-order valence-electron chi connectivity index (χ2n) is 1.98. The van der Waals surface area contributed by atoms with E-state index in [2.05, 4.69) is 6.08 Å². The lowest BCUT2D eigenvalue weighted by Crippen LogP contribution is -2.19. The smallest absolute Gasteiger partial charge is 0.170 e. The van der Waals surface area contributed by atoms with E-state index in [4.69, 9.17) is 28.5 Å². The van der Waals surface area contributed by atoms with Gasteiger partial charge in [0.05, 0.1) is 11.1 Å². The van der Waals surface area contributed by atoms with E-state index in [9.17, 15) is 0 Å². The van der Waals surface area contributed by atoms with Gasteiger partial charge >= 0.3 is 0 Å². The first-order valence-corrected chi connectivity index (χ1v) is 3.48. The molecule has 10 heavy (non-hydrogen) atoms. The molecule has 1 atom stereocenters. The first kappa shape index (κ1) is 7.65. The quantitative estimate of drug-likeness (QED) is 0.516. The molecule has 1 unspecified atom stereocenters. The molecule has 0 N–H and O–H groups in total. The highest BCUT2D eigenvalue weighted by Gasteiger charge is 2.30. The standard InChI is InChI=1S/C7H4Cl2N/c8-6-3-1-2-4-7(6,9)5-10/h1,3H,4H2. The number of nitriles is 1. The van der Waals surface area contributed by atoms with Gasteiger partial charge < -0.3 is 0 Å².